The molecule has 0 saturated heterocycles. The average Bonchev–Trinajstić information content (AvgIpc) is 2.97. The molecule has 1 aliphatic rings. The molecule has 0 aliphatic carbocycles. The fourth-order valence-corrected chi connectivity index (χ4v) is 4.68. The van der Waals surface area contributed by atoms with Crippen LogP contribution >= 0.6 is 23.2 Å². The summed E-state index contributed by atoms with van der Waals surface area (Å²) in [6, 6.07) is 10.1. The van der Waals surface area contributed by atoms with E-state index >= 15 is 0 Å². The number of nitrogens with two attached hydrogens (primary N) is 1. The molecule has 2 amide bonds. The molecule has 0 aromatic heterocycles. The fraction of sp³-hybridized carbons (Fsp3) is 0.391. The molecule has 2 aromatic carbocycles. The maximum atomic E-state index is 13.7. The van der Waals surface area contributed by atoms with Gasteiger partial charge in [-0.15, -0.1) is 0 Å². The lowest BCUT2D eigenvalue weighted by Crippen LogP contribution is -2.43. The minimum Gasteiger partial charge on any atom is -0.366 e. The number of ether oxygens (including phenoxy) is 1. The van der Waals surface area contributed by atoms with Gasteiger partial charge in [-0.2, -0.15) is 0 Å². The molecule has 0 bridgehead atoms. The second kappa shape index (κ2) is 9.57. The van der Waals surface area contributed by atoms with E-state index in [1.165, 1.54) is 11.0 Å². The summed E-state index contributed by atoms with van der Waals surface area (Å²) in [6.07, 6.45) is 0.733. The topological polar surface area (TPSA) is 75.9 Å². The summed E-state index contributed by atoms with van der Waals surface area (Å²) in [5, 5.41) is 0.628. The average molecular weight is 464 g/mol. The van der Waals surface area contributed by atoms with Gasteiger partial charge in [0.05, 0.1) is 17.3 Å². The summed E-state index contributed by atoms with van der Waals surface area (Å²) >= 11 is 13.2. The number of carbonyl (C=O) groups excluding carboxylic acids is 2. The van der Waals surface area contributed by atoms with Crippen molar-refractivity contribution >= 4 is 40.7 Å². The predicted octanol–water partition coefficient (Wildman–Crippen LogP) is 4.06. The third kappa shape index (κ3) is 4.17. The second-order valence-electron chi connectivity index (χ2n) is 7.47. The Morgan fingerprint density at radius 2 is 1.84 bits per heavy atom. The second-order valence-corrected chi connectivity index (χ2v) is 8.28. The van der Waals surface area contributed by atoms with E-state index in [0.29, 0.717) is 28.4 Å². The Morgan fingerprint density at radius 1 is 1.16 bits per heavy atom. The van der Waals surface area contributed by atoms with Crippen LogP contribution in [0.1, 0.15) is 41.8 Å². The molecule has 2 aromatic rings. The van der Waals surface area contributed by atoms with E-state index in [1.807, 2.05) is 0 Å². The first-order valence-electron chi connectivity index (χ1n) is 10.3. The van der Waals surface area contributed by atoms with Crippen molar-refractivity contribution in [1.82, 2.24) is 4.90 Å². The lowest BCUT2D eigenvalue weighted by molar-refractivity contribution is -0.138. The van der Waals surface area contributed by atoms with Gasteiger partial charge in [0.2, 0.25) is 11.5 Å². The summed E-state index contributed by atoms with van der Waals surface area (Å²) < 4.78 is 6.38. The number of hydrogen-bond acceptors (Lipinski definition) is 4. The van der Waals surface area contributed by atoms with Crippen LogP contribution in [0, 0.1) is 0 Å². The van der Waals surface area contributed by atoms with Crippen molar-refractivity contribution in [2.24, 2.45) is 5.73 Å². The smallest absolute Gasteiger partial charge is 0.268 e. The van der Waals surface area contributed by atoms with Crippen LogP contribution in [0.3, 0.4) is 0 Å². The van der Waals surface area contributed by atoms with E-state index in [0.717, 1.165) is 26.1 Å². The number of fused-ring (bicyclic) bond motifs is 1. The van der Waals surface area contributed by atoms with Crippen LogP contribution in [-0.4, -0.2) is 50.0 Å². The Bertz CT molecular complexity index is 994. The van der Waals surface area contributed by atoms with Crippen LogP contribution in [0.25, 0.3) is 0 Å². The lowest BCUT2D eigenvalue weighted by atomic mass is 9.86. The quantitative estimate of drug-likeness (QED) is 0.568. The minimum absolute atomic E-state index is 0.222. The van der Waals surface area contributed by atoms with Crippen LogP contribution in [0.4, 0.5) is 5.69 Å². The number of halogens is 2. The van der Waals surface area contributed by atoms with Gasteiger partial charge in [0.15, 0.2) is 0 Å². The van der Waals surface area contributed by atoms with E-state index in [1.54, 1.807) is 37.4 Å². The molecule has 0 fully saturated rings. The maximum Gasteiger partial charge on any atom is 0.268 e. The molecule has 166 valence electrons. The summed E-state index contributed by atoms with van der Waals surface area (Å²) in [5.74, 6) is -0.942. The van der Waals surface area contributed by atoms with Crippen molar-refractivity contribution in [3.8, 4) is 0 Å². The number of amides is 2. The van der Waals surface area contributed by atoms with Crippen molar-refractivity contribution in [2.75, 3.05) is 38.2 Å². The SMILES string of the molecule is CCN(CC)CCCOC1(c2ccccc2Cl)C(=O)N(C)c2cc(C(N)=O)cc(Cl)c21. The Labute approximate surface area is 192 Å². The van der Waals surface area contributed by atoms with E-state index in [2.05, 4.69) is 18.7 Å². The van der Waals surface area contributed by atoms with Crippen molar-refractivity contribution in [3.05, 3.63) is 63.1 Å². The zero-order chi connectivity index (χ0) is 22.8. The van der Waals surface area contributed by atoms with Gasteiger partial charge in [-0.05, 0) is 37.7 Å². The van der Waals surface area contributed by atoms with Gasteiger partial charge < -0.3 is 20.3 Å². The fourth-order valence-electron chi connectivity index (χ4n) is 4.06. The Morgan fingerprint density at radius 3 is 2.45 bits per heavy atom. The van der Waals surface area contributed by atoms with Crippen LogP contribution < -0.4 is 10.6 Å². The summed E-state index contributed by atoms with van der Waals surface area (Å²) in [7, 11) is 1.63. The number of likely N-dealkylation sites (N-methyl/N-ethyl adjacent to an activating group) is 1. The molecule has 1 atom stereocenters. The third-order valence-electron chi connectivity index (χ3n) is 5.76. The minimum atomic E-state index is -1.50. The number of carbonyl (C=O) groups is 2. The Balaban J connectivity index is 2.11. The van der Waals surface area contributed by atoms with Gasteiger partial charge in [0.25, 0.3) is 5.91 Å². The van der Waals surface area contributed by atoms with Crippen LogP contribution in [0.5, 0.6) is 0 Å². The number of rotatable bonds is 9. The molecule has 8 heteroatoms. The van der Waals surface area contributed by atoms with Gasteiger partial charge >= 0.3 is 0 Å². The highest BCUT2D eigenvalue weighted by molar-refractivity contribution is 6.35. The maximum absolute atomic E-state index is 13.7. The van der Waals surface area contributed by atoms with E-state index in [4.69, 9.17) is 33.7 Å². The zero-order valence-corrected chi connectivity index (χ0v) is 19.5. The van der Waals surface area contributed by atoms with E-state index in [-0.39, 0.29) is 16.5 Å². The number of anilines is 1. The first-order chi connectivity index (χ1) is 14.8. The lowest BCUT2D eigenvalue weighted by Gasteiger charge is -2.31. The highest BCUT2D eigenvalue weighted by atomic mass is 35.5. The standard InChI is InChI=1S/C23H27Cl2N3O3/c1-4-28(5-2)11-8-12-31-23(16-9-6-7-10-17(16)24)20-18(25)13-15(21(26)29)14-19(20)27(3)22(23)30/h6-7,9-10,13-14H,4-5,8,11-12H2,1-3H3,(H2,26,29). The Kier molecular flexibility index (Phi) is 7.27. The van der Waals surface area contributed by atoms with Gasteiger partial charge in [-0.3, -0.25) is 9.59 Å². The molecular weight excluding hydrogens is 437 g/mol. The molecule has 1 aliphatic heterocycles. The van der Waals surface area contributed by atoms with E-state index < -0.39 is 11.5 Å². The molecule has 0 radical (unpaired) electrons. The molecule has 2 N–H and O–H groups in total. The highest BCUT2D eigenvalue weighted by Gasteiger charge is 2.54. The van der Waals surface area contributed by atoms with Gasteiger partial charge in [-0.25, -0.2) is 0 Å². The van der Waals surface area contributed by atoms with Crippen molar-refractivity contribution < 1.29 is 14.3 Å². The van der Waals surface area contributed by atoms with E-state index in [9.17, 15) is 9.59 Å². The predicted molar refractivity (Wildman–Crippen MR) is 124 cm³/mol. The largest absolute Gasteiger partial charge is 0.366 e. The molecule has 1 heterocycles. The number of primary amides is 1. The molecule has 0 saturated carbocycles. The summed E-state index contributed by atoms with van der Waals surface area (Å²) in [5.41, 5.74) is 5.65. The Hall–Kier alpha value is -2.12. The number of hydrogen-bond donors (Lipinski definition) is 1. The molecule has 1 unspecified atom stereocenters. The summed E-state index contributed by atoms with van der Waals surface area (Å²) in [6.45, 7) is 7.27. The highest BCUT2D eigenvalue weighted by Crippen LogP contribution is 2.51. The van der Waals surface area contributed by atoms with Gasteiger partial charge in [-0.1, -0.05) is 55.2 Å². The van der Waals surface area contributed by atoms with Crippen molar-refractivity contribution in [3.63, 3.8) is 0 Å². The zero-order valence-electron chi connectivity index (χ0n) is 18.0. The van der Waals surface area contributed by atoms with Crippen LogP contribution in [-0.2, 0) is 15.1 Å². The van der Waals surface area contributed by atoms with Crippen LogP contribution in [0.2, 0.25) is 10.0 Å². The van der Waals surface area contributed by atoms with Gasteiger partial charge in [0, 0.05) is 35.3 Å². The molecular formula is C23H27Cl2N3O3. The van der Waals surface area contributed by atoms with Gasteiger partial charge in [0.1, 0.15) is 0 Å². The molecule has 31 heavy (non-hydrogen) atoms. The van der Waals surface area contributed by atoms with Crippen molar-refractivity contribution in [2.45, 2.75) is 25.9 Å². The molecule has 6 nitrogen and oxygen atoms in total. The third-order valence-corrected chi connectivity index (χ3v) is 6.39. The first-order valence-corrected chi connectivity index (χ1v) is 11.1. The first kappa shape index (κ1) is 23.5. The number of nitrogens with zero attached hydrogens (tertiary/aromatic N) is 2. The molecule has 0 spiro atoms. The van der Waals surface area contributed by atoms with Crippen LogP contribution in [0.15, 0.2) is 36.4 Å². The van der Waals surface area contributed by atoms with Crippen molar-refractivity contribution in [1.29, 1.82) is 0 Å². The normalized spacial score (nSPS) is 18.0. The number of benzene rings is 2. The molecule has 3 rings (SSSR count). The summed E-state index contributed by atoms with van der Waals surface area (Å²) in [4.78, 5) is 29.2. The monoisotopic (exact) mass is 463 g/mol.